The maximum Gasteiger partial charge on any atom is 1.00 e. The van der Waals surface area contributed by atoms with E-state index in [0.717, 1.165) is 38.5 Å². The van der Waals surface area contributed by atoms with Crippen LogP contribution in [0.25, 0.3) is 0 Å². The standard InChI is InChI=1S/C18H37O5P.Na/c1-3-5-7-9-10-11-12-14-16-23-18(19)17(24(20,21)22)15-13-8-6-4-2;/h17H,3-16H2,1-2H3,(H2,20,21,22);/q;+1. The third-order valence-corrected chi connectivity index (χ3v) is 5.53. The molecular weight excluding hydrogens is 350 g/mol. The largest absolute Gasteiger partial charge is 1.00 e. The Hall–Kier alpha value is 0.620. The number of unbranched alkanes of at least 4 members (excludes halogenated alkanes) is 10. The van der Waals surface area contributed by atoms with Gasteiger partial charge in [0.2, 0.25) is 0 Å². The van der Waals surface area contributed by atoms with Gasteiger partial charge in [-0.15, -0.1) is 0 Å². The molecule has 7 heteroatoms. The SMILES string of the molecule is CCCCCCCCCCOC(=O)C(CCCCCC)P(=O)(O)O.[Na+]. The molecule has 1 atom stereocenters. The van der Waals surface area contributed by atoms with E-state index >= 15 is 0 Å². The van der Waals surface area contributed by atoms with Gasteiger partial charge in [-0.1, -0.05) is 84.5 Å². The first-order valence-electron chi connectivity index (χ1n) is 9.65. The number of rotatable bonds is 16. The van der Waals surface area contributed by atoms with Crippen molar-refractivity contribution in [3.05, 3.63) is 0 Å². The molecule has 0 rings (SSSR count). The third-order valence-electron chi connectivity index (χ3n) is 4.25. The molecule has 0 heterocycles. The van der Waals surface area contributed by atoms with Gasteiger partial charge in [-0.25, -0.2) is 0 Å². The van der Waals surface area contributed by atoms with E-state index in [-0.39, 0.29) is 42.6 Å². The van der Waals surface area contributed by atoms with Crippen molar-refractivity contribution in [2.24, 2.45) is 0 Å². The molecule has 144 valence electrons. The second-order valence-corrected chi connectivity index (χ2v) is 8.40. The fourth-order valence-corrected chi connectivity index (χ4v) is 3.56. The van der Waals surface area contributed by atoms with Gasteiger partial charge in [-0.05, 0) is 12.8 Å². The predicted molar refractivity (Wildman–Crippen MR) is 98.2 cm³/mol. The summed E-state index contributed by atoms with van der Waals surface area (Å²) in [5.74, 6) is -0.734. The summed E-state index contributed by atoms with van der Waals surface area (Å²) in [7, 11) is -4.43. The van der Waals surface area contributed by atoms with Crippen LogP contribution in [0.2, 0.25) is 0 Å². The van der Waals surface area contributed by atoms with Crippen molar-refractivity contribution in [2.45, 2.75) is 103 Å². The first-order chi connectivity index (χ1) is 11.4. The van der Waals surface area contributed by atoms with Crippen LogP contribution in [0.1, 0.15) is 97.3 Å². The molecule has 0 aromatic heterocycles. The van der Waals surface area contributed by atoms with Crippen LogP contribution in [0, 0.1) is 0 Å². The molecule has 0 aliphatic heterocycles. The fourth-order valence-electron chi connectivity index (χ4n) is 2.69. The number of ether oxygens (including phenoxy) is 1. The van der Waals surface area contributed by atoms with E-state index in [1.807, 2.05) is 0 Å². The summed E-state index contributed by atoms with van der Waals surface area (Å²) in [6, 6.07) is 0. The van der Waals surface area contributed by atoms with Gasteiger partial charge in [0.25, 0.3) is 0 Å². The van der Waals surface area contributed by atoms with Crippen LogP contribution in [-0.4, -0.2) is 28.0 Å². The Morgan fingerprint density at radius 3 is 1.76 bits per heavy atom. The number of hydrogen-bond acceptors (Lipinski definition) is 3. The maximum atomic E-state index is 11.9. The molecule has 0 aromatic carbocycles. The van der Waals surface area contributed by atoms with Crippen LogP contribution < -0.4 is 29.6 Å². The first-order valence-corrected chi connectivity index (χ1v) is 11.3. The smallest absolute Gasteiger partial charge is 0.465 e. The Morgan fingerprint density at radius 1 is 0.840 bits per heavy atom. The summed E-state index contributed by atoms with van der Waals surface area (Å²) < 4.78 is 16.6. The van der Waals surface area contributed by atoms with Gasteiger partial charge in [0.05, 0.1) is 6.61 Å². The normalized spacial score (nSPS) is 12.5. The zero-order valence-electron chi connectivity index (χ0n) is 16.5. The molecule has 0 bridgehead atoms. The quantitative estimate of drug-likeness (QED) is 0.184. The Labute approximate surface area is 176 Å². The Kier molecular flexibility index (Phi) is 20.0. The molecule has 0 spiro atoms. The van der Waals surface area contributed by atoms with Crippen LogP contribution in [0.15, 0.2) is 0 Å². The molecule has 0 amide bonds. The van der Waals surface area contributed by atoms with E-state index in [1.165, 1.54) is 32.1 Å². The number of carbonyl (C=O) groups excluding carboxylic acids is 1. The number of hydrogen-bond donors (Lipinski definition) is 2. The first kappa shape index (κ1) is 27.8. The van der Waals surface area contributed by atoms with Crippen LogP contribution in [0.4, 0.5) is 0 Å². The van der Waals surface area contributed by atoms with Crippen molar-refractivity contribution in [3.8, 4) is 0 Å². The van der Waals surface area contributed by atoms with Gasteiger partial charge in [-0.3, -0.25) is 9.36 Å². The molecule has 0 aliphatic carbocycles. The maximum absolute atomic E-state index is 11.9. The summed E-state index contributed by atoms with van der Waals surface area (Å²) in [6.07, 6.45) is 13.0. The summed E-state index contributed by atoms with van der Waals surface area (Å²) in [5.41, 5.74) is -1.29. The van der Waals surface area contributed by atoms with Crippen molar-refractivity contribution >= 4 is 13.6 Å². The topological polar surface area (TPSA) is 83.8 Å². The van der Waals surface area contributed by atoms with E-state index in [1.54, 1.807) is 0 Å². The number of esters is 1. The molecule has 25 heavy (non-hydrogen) atoms. The molecule has 0 saturated carbocycles. The Bertz CT molecular complexity index is 359. The minimum absolute atomic E-state index is 0. The van der Waals surface area contributed by atoms with Gasteiger partial charge in [-0.2, -0.15) is 0 Å². The van der Waals surface area contributed by atoms with Crippen LogP contribution in [0.3, 0.4) is 0 Å². The van der Waals surface area contributed by atoms with E-state index in [0.29, 0.717) is 6.42 Å². The van der Waals surface area contributed by atoms with Crippen molar-refractivity contribution < 1.29 is 53.4 Å². The van der Waals surface area contributed by atoms with Gasteiger partial charge in [0.1, 0.15) is 0 Å². The molecule has 0 fully saturated rings. The van der Waals surface area contributed by atoms with Gasteiger partial charge < -0.3 is 14.5 Å². The minimum Gasteiger partial charge on any atom is -0.465 e. The van der Waals surface area contributed by atoms with Crippen molar-refractivity contribution in [2.75, 3.05) is 6.61 Å². The number of carbonyl (C=O) groups is 1. The molecule has 0 aliphatic rings. The molecular formula is C18H37NaO5P+. The van der Waals surface area contributed by atoms with Crippen molar-refractivity contribution in [3.63, 3.8) is 0 Å². The van der Waals surface area contributed by atoms with Crippen LogP contribution in [0.5, 0.6) is 0 Å². The average Bonchev–Trinajstić information content (AvgIpc) is 2.51. The van der Waals surface area contributed by atoms with Crippen molar-refractivity contribution in [1.29, 1.82) is 0 Å². The van der Waals surface area contributed by atoms with Crippen LogP contribution >= 0.6 is 7.60 Å². The van der Waals surface area contributed by atoms with Gasteiger partial charge in [0.15, 0.2) is 5.66 Å². The molecule has 2 N–H and O–H groups in total. The Balaban J connectivity index is 0. The second kappa shape index (κ2) is 18.0. The van der Waals surface area contributed by atoms with E-state index in [4.69, 9.17) is 4.74 Å². The minimum atomic E-state index is -4.43. The summed E-state index contributed by atoms with van der Waals surface area (Å²) in [4.78, 5) is 30.7. The van der Waals surface area contributed by atoms with E-state index < -0.39 is 19.2 Å². The van der Waals surface area contributed by atoms with Gasteiger partial charge >= 0.3 is 43.1 Å². The molecule has 0 aromatic rings. The zero-order valence-corrected chi connectivity index (χ0v) is 19.4. The molecule has 1 unspecified atom stereocenters. The zero-order chi connectivity index (χ0) is 18.3. The monoisotopic (exact) mass is 387 g/mol. The summed E-state index contributed by atoms with van der Waals surface area (Å²) >= 11 is 0. The average molecular weight is 387 g/mol. The second-order valence-electron chi connectivity index (χ2n) is 6.60. The predicted octanol–water partition coefficient (Wildman–Crippen LogP) is 2.19. The third kappa shape index (κ3) is 16.5. The fraction of sp³-hybridized carbons (Fsp3) is 0.944. The molecule has 0 radical (unpaired) electrons. The van der Waals surface area contributed by atoms with Crippen LogP contribution in [-0.2, 0) is 14.1 Å². The van der Waals surface area contributed by atoms with E-state index in [2.05, 4.69) is 13.8 Å². The van der Waals surface area contributed by atoms with Crippen molar-refractivity contribution in [1.82, 2.24) is 0 Å². The van der Waals surface area contributed by atoms with Gasteiger partial charge in [0, 0.05) is 0 Å². The molecule has 0 saturated heterocycles. The summed E-state index contributed by atoms with van der Waals surface area (Å²) in [5, 5.41) is 0. The summed E-state index contributed by atoms with van der Waals surface area (Å²) in [6.45, 7) is 4.53. The van der Waals surface area contributed by atoms with E-state index in [9.17, 15) is 19.1 Å². The Morgan fingerprint density at radius 2 is 1.28 bits per heavy atom. The molecule has 5 nitrogen and oxygen atoms in total.